The van der Waals surface area contributed by atoms with E-state index in [1.165, 1.54) is 23.7 Å². The fraction of sp³-hybridized carbons (Fsp3) is 0. The van der Waals surface area contributed by atoms with Gasteiger partial charge in [-0.15, -0.1) is 11.3 Å². The number of benzene rings is 2. The average Bonchev–Trinajstić information content (AvgIpc) is 3.38. The van der Waals surface area contributed by atoms with Crippen LogP contribution in [0.2, 0.25) is 15.1 Å². The number of fused-ring (bicyclic) bond motifs is 1. The summed E-state index contributed by atoms with van der Waals surface area (Å²) in [6.45, 7) is 0. The molecule has 2 amide bonds. The van der Waals surface area contributed by atoms with E-state index in [2.05, 4.69) is 16.0 Å². The second kappa shape index (κ2) is 9.48. The van der Waals surface area contributed by atoms with Crippen LogP contribution in [-0.4, -0.2) is 16.9 Å². The van der Waals surface area contributed by atoms with Crippen LogP contribution in [0.3, 0.4) is 0 Å². The highest BCUT2D eigenvalue weighted by atomic mass is 35.5. The number of amides is 2. The van der Waals surface area contributed by atoms with Gasteiger partial charge in [-0.05, 0) is 54.7 Å². The van der Waals surface area contributed by atoms with Crippen molar-refractivity contribution in [3.8, 4) is 0 Å². The van der Waals surface area contributed by atoms with E-state index in [4.69, 9.17) is 51.4 Å². The molecule has 0 aliphatic carbocycles. The van der Waals surface area contributed by atoms with Gasteiger partial charge in [-0.25, -0.2) is 0 Å². The van der Waals surface area contributed by atoms with Gasteiger partial charge in [0.2, 0.25) is 0 Å². The molecular formula is C21H12Cl3N3O3S2. The summed E-state index contributed by atoms with van der Waals surface area (Å²) in [7, 11) is 0. The molecule has 0 saturated heterocycles. The molecule has 0 aliphatic rings. The first kappa shape index (κ1) is 22.6. The van der Waals surface area contributed by atoms with Crippen LogP contribution in [0.1, 0.15) is 20.2 Å². The van der Waals surface area contributed by atoms with E-state index in [1.807, 2.05) is 0 Å². The van der Waals surface area contributed by atoms with Gasteiger partial charge < -0.3 is 15.1 Å². The average molecular weight is 525 g/mol. The van der Waals surface area contributed by atoms with Crippen LogP contribution in [-0.2, 0) is 0 Å². The Morgan fingerprint density at radius 1 is 0.969 bits per heavy atom. The Morgan fingerprint density at radius 3 is 2.50 bits per heavy atom. The quantitative estimate of drug-likeness (QED) is 0.255. The fourth-order valence-electron chi connectivity index (χ4n) is 2.79. The van der Waals surface area contributed by atoms with Crippen molar-refractivity contribution >= 4 is 96.7 Å². The standard InChI is InChI=1S/C21H12Cl3N3O3S2/c22-10-3-5-12-16(8-10)32-18(17(12)24)20(29)27-21(31)25-11-4-6-14(13(23)9-11)26-19(28)15-2-1-7-30-15/h1-9H,(H,26,28)(H2,25,27,29,31). The van der Waals surface area contributed by atoms with E-state index >= 15 is 0 Å². The fourth-order valence-corrected chi connectivity index (χ4v) is 4.92. The van der Waals surface area contributed by atoms with Crippen molar-refractivity contribution in [1.29, 1.82) is 0 Å². The van der Waals surface area contributed by atoms with Crippen LogP contribution < -0.4 is 16.0 Å². The predicted molar refractivity (Wildman–Crippen MR) is 134 cm³/mol. The third kappa shape index (κ3) is 4.90. The minimum Gasteiger partial charge on any atom is -0.459 e. The lowest BCUT2D eigenvalue weighted by atomic mass is 10.2. The highest BCUT2D eigenvalue weighted by Gasteiger charge is 2.18. The first-order chi connectivity index (χ1) is 15.3. The minimum absolute atomic E-state index is 0.0602. The molecule has 3 N–H and O–H groups in total. The highest BCUT2D eigenvalue weighted by molar-refractivity contribution is 7.80. The molecule has 0 saturated carbocycles. The zero-order chi connectivity index (χ0) is 22.8. The smallest absolute Gasteiger partial charge is 0.291 e. The number of nitrogens with one attached hydrogen (secondary N) is 3. The number of rotatable bonds is 4. The molecule has 0 bridgehead atoms. The number of anilines is 2. The molecule has 4 rings (SSSR count). The Bertz CT molecular complexity index is 1350. The van der Waals surface area contributed by atoms with Gasteiger partial charge in [0.1, 0.15) is 4.88 Å². The summed E-state index contributed by atoms with van der Waals surface area (Å²) in [5.74, 6) is -0.713. The van der Waals surface area contributed by atoms with E-state index in [0.29, 0.717) is 26.3 Å². The maximum Gasteiger partial charge on any atom is 0.291 e. The molecule has 0 unspecified atom stereocenters. The highest BCUT2D eigenvalue weighted by Crippen LogP contribution is 2.36. The summed E-state index contributed by atoms with van der Waals surface area (Å²) in [6, 6.07) is 13.2. The minimum atomic E-state index is -0.446. The second-order valence-electron chi connectivity index (χ2n) is 6.42. The third-order valence-electron chi connectivity index (χ3n) is 4.24. The summed E-state index contributed by atoms with van der Waals surface area (Å²) in [5, 5.41) is 10.1. The first-order valence-electron chi connectivity index (χ1n) is 8.96. The van der Waals surface area contributed by atoms with Gasteiger partial charge >= 0.3 is 0 Å². The van der Waals surface area contributed by atoms with Gasteiger partial charge in [0, 0.05) is 20.8 Å². The molecular weight excluding hydrogens is 513 g/mol. The topological polar surface area (TPSA) is 83.4 Å². The Labute approximate surface area is 206 Å². The maximum absolute atomic E-state index is 12.6. The van der Waals surface area contributed by atoms with Gasteiger partial charge in [-0.1, -0.05) is 40.9 Å². The molecule has 0 spiro atoms. The van der Waals surface area contributed by atoms with E-state index in [0.717, 1.165) is 10.1 Å². The van der Waals surface area contributed by atoms with E-state index in [9.17, 15) is 9.59 Å². The zero-order valence-electron chi connectivity index (χ0n) is 15.9. The molecule has 6 nitrogen and oxygen atoms in total. The molecule has 0 radical (unpaired) electrons. The largest absolute Gasteiger partial charge is 0.459 e. The van der Waals surface area contributed by atoms with Crippen LogP contribution >= 0.6 is 58.4 Å². The maximum atomic E-state index is 12.6. The van der Waals surface area contributed by atoms with Crippen molar-refractivity contribution in [3.05, 3.63) is 80.5 Å². The van der Waals surface area contributed by atoms with Gasteiger partial charge in [-0.2, -0.15) is 0 Å². The van der Waals surface area contributed by atoms with Crippen LogP contribution in [0.25, 0.3) is 10.1 Å². The number of carbonyl (C=O) groups excluding carboxylic acids is 2. The number of hydrogen-bond acceptors (Lipinski definition) is 5. The van der Waals surface area contributed by atoms with Crippen LogP contribution in [0.4, 0.5) is 11.4 Å². The van der Waals surface area contributed by atoms with Gasteiger partial charge in [0.15, 0.2) is 10.9 Å². The van der Waals surface area contributed by atoms with Crippen molar-refractivity contribution < 1.29 is 14.0 Å². The normalized spacial score (nSPS) is 10.7. The number of halogens is 3. The third-order valence-corrected chi connectivity index (χ3v) is 6.65. The molecule has 2 aromatic heterocycles. The van der Waals surface area contributed by atoms with E-state index in [1.54, 1.807) is 42.5 Å². The summed E-state index contributed by atoms with van der Waals surface area (Å²) in [6.07, 6.45) is 1.40. The van der Waals surface area contributed by atoms with Crippen LogP contribution in [0.5, 0.6) is 0 Å². The van der Waals surface area contributed by atoms with Crippen LogP contribution in [0.15, 0.2) is 59.2 Å². The number of hydrogen-bond donors (Lipinski definition) is 3. The summed E-state index contributed by atoms with van der Waals surface area (Å²) >= 11 is 25.1. The van der Waals surface area contributed by atoms with Crippen molar-refractivity contribution in [2.24, 2.45) is 0 Å². The van der Waals surface area contributed by atoms with Crippen molar-refractivity contribution in [2.75, 3.05) is 10.6 Å². The van der Waals surface area contributed by atoms with Crippen LogP contribution in [0, 0.1) is 0 Å². The van der Waals surface area contributed by atoms with Crippen molar-refractivity contribution in [1.82, 2.24) is 5.32 Å². The molecule has 0 atom stereocenters. The van der Waals surface area contributed by atoms with E-state index < -0.39 is 11.8 Å². The number of carbonyl (C=O) groups is 2. The summed E-state index contributed by atoms with van der Waals surface area (Å²) in [4.78, 5) is 25.1. The Kier molecular flexibility index (Phi) is 6.68. The SMILES string of the molecule is O=C(Nc1ccc(NC(=S)NC(=O)c2sc3cc(Cl)ccc3c2Cl)cc1Cl)c1ccco1. The molecule has 32 heavy (non-hydrogen) atoms. The molecule has 4 aromatic rings. The number of thiocarbonyl (C=S) groups is 1. The van der Waals surface area contributed by atoms with Gasteiger partial charge in [-0.3, -0.25) is 14.9 Å². The summed E-state index contributed by atoms with van der Waals surface area (Å²) < 4.78 is 5.85. The monoisotopic (exact) mass is 523 g/mol. The lowest BCUT2D eigenvalue weighted by Crippen LogP contribution is -2.33. The molecule has 162 valence electrons. The molecule has 11 heteroatoms. The molecule has 0 aliphatic heterocycles. The van der Waals surface area contributed by atoms with E-state index in [-0.39, 0.29) is 15.9 Å². The number of thiophene rings is 1. The number of furan rings is 1. The molecule has 2 heterocycles. The zero-order valence-corrected chi connectivity index (χ0v) is 19.8. The summed E-state index contributed by atoms with van der Waals surface area (Å²) in [5.41, 5.74) is 0.912. The Morgan fingerprint density at radius 2 is 1.78 bits per heavy atom. The van der Waals surface area contributed by atoms with Crippen molar-refractivity contribution in [2.45, 2.75) is 0 Å². The Balaban J connectivity index is 1.42. The Hall–Kier alpha value is -2.62. The van der Waals surface area contributed by atoms with Gasteiger partial charge in [0.25, 0.3) is 11.8 Å². The first-order valence-corrected chi connectivity index (χ1v) is 11.3. The molecule has 0 fully saturated rings. The molecule has 2 aromatic carbocycles. The lowest BCUT2D eigenvalue weighted by molar-refractivity contribution is 0.0978. The predicted octanol–water partition coefficient (Wildman–Crippen LogP) is 6.83. The second-order valence-corrected chi connectivity index (χ2v) is 9.10. The van der Waals surface area contributed by atoms with Gasteiger partial charge in [0.05, 0.1) is 22.0 Å². The lowest BCUT2D eigenvalue weighted by Gasteiger charge is -2.11. The van der Waals surface area contributed by atoms with Crippen molar-refractivity contribution in [3.63, 3.8) is 0 Å².